The normalized spacial score (nSPS) is 22.1. The Kier molecular flexibility index (Phi) is 9.12. The van der Waals surface area contributed by atoms with E-state index >= 15 is 0 Å². The Balaban J connectivity index is 1.16. The highest BCUT2D eigenvalue weighted by atomic mass is 19.4. The van der Waals surface area contributed by atoms with Crippen molar-refractivity contribution in [3.63, 3.8) is 0 Å². The lowest BCUT2D eigenvalue weighted by molar-refractivity contribution is -0.137. The number of ether oxygens (including phenoxy) is 1. The van der Waals surface area contributed by atoms with Gasteiger partial charge in [0, 0.05) is 42.5 Å². The average molecular weight is 549 g/mol. The van der Waals surface area contributed by atoms with Gasteiger partial charge in [-0.25, -0.2) is 4.98 Å². The Morgan fingerprint density at radius 2 is 1.92 bits per heavy atom. The summed E-state index contributed by atoms with van der Waals surface area (Å²) in [7, 11) is 0. The van der Waals surface area contributed by atoms with Crippen LogP contribution in [0.25, 0.3) is 0 Å². The molecule has 1 aromatic carbocycles. The largest absolute Gasteiger partial charge is 0.478 e. The number of hydrogen-bond donors (Lipinski definition) is 3. The molecule has 39 heavy (non-hydrogen) atoms. The summed E-state index contributed by atoms with van der Waals surface area (Å²) in [5.41, 5.74) is -1.19. The smallest absolute Gasteiger partial charge is 0.416 e. The van der Waals surface area contributed by atoms with Crippen LogP contribution in [0.15, 0.2) is 42.6 Å². The Labute approximate surface area is 225 Å². The van der Waals surface area contributed by atoms with Crippen LogP contribution in [0.5, 0.6) is 5.88 Å². The number of likely N-dealkylation sites (tertiary alicyclic amines) is 1. The molecular weight excluding hydrogens is 513 g/mol. The number of alkyl halides is 3. The van der Waals surface area contributed by atoms with Gasteiger partial charge < -0.3 is 20.5 Å². The summed E-state index contributed by atoms with van der Waals surface area (Å²) in [5.74, 6) is -0.573. The van der Waals surface area contributed by atoms with E-state index < -0.39 is 29.2 Å². The van der Waals surface area contributed by atoms with Crippen molar-refractivity contribution in [1.29, 1.82) is 0 Å². The molecule has 0 spiro atoms. The number of amides is 2. The number of pyridine rings is 1. The maximum Gasteiger partial charge on any atom is 0.416 e. The lowest BCUT2D eigenvalue weighted by Crippen LogP contribution is -2.63. The van der Waals surface area contributed by atoms with Gasteiger partial charge >= 0.3 is 6.18 Å². The van der Waals surface area contributed by atoms with Crippen molar-refractivity contribution < 1.29 is 32.6 Å². The second kappa shape index (κ2) is 12.3. The molecule has 8 nitrogen and oxygen atoms in total. The Bertz CT molecular complexity index is 1130. The molecule has 1 saturated carbocycles. The molecule has 0 atom stereocenters. The van der Waals surface area contributed by atoms with E-state index in [1.165, 1.54) is 6.07 Å². The van der Waals surface area contributed by atoms with Gasteiger partial charge in [-0.1, -0.05) is 19.4 Å². The van der Waals surface area contributed by atoms with E-state index in [2.05, 4.69) is 27.4 Å². The predicted molar refractivity (Wildman–Crippen MR) is 138 cm³/mol. The van der Waals surface area contributed by atoms with Gasteiger partial charge in [-0.05, 0) is 56.4 Å². The number of carbonyl (C=O) groups is 2. The maximum atomic E-state index is 12.9. The molecule has 2 heterocycles. The average Bonchev–Trinajstić information content (AvgIpc) is 2.90. The first-order valence-corrected chi connectivity index (χ1v) is 13.4. The maximum absolute atomic E-state index is 12.9. The van der Waals surface area contributed by atoms with E-state index in [9.17, 15) is 27.9 Å². The number of halogens is 3. The first-order valence-electron chi connectivity index (χ1n) is 13.4. The summed E-state index contributed by atoms with van der Waals surface area (Å²) >= 11 is 0. The van der Waals surface area contributed by atoms with Crippen molar-refractivity contribution in [2.24, 2.45) is 0 Å². The number of rotatable bonds is 10. The first kappa shape index (κ1) is 28.8. The molecule has 1 aliphatic heterocycles. The number of aromatic nitrogens is 1. The molecule has 0 radical (unpaired) electrons. The van der Waals surface area contributed by atoms with Crippen molar-refractivity contribution in [3.8, 4) is 5.88 Å². The lowest BCUT2D eigenvalue weighted by Gasteiger charge is -2.48. The number of carbonyl (C=O) groups excluding carboxylic acids is 2. The van der Waals surface area contributed by atoms with E-state index in [1.807, 2.05) is 6.07 Å². The van der Waals surface area contributed by atoms with Crippen molar-refractivity contribution in [2.75, 3.05) is 26.2 Å². The second-order valence-corrected chi connectivity index (χ2v) is 10.3. The highest BCUT2D eigenvalue weighted by Gasteiger charge is 2.40. The van der Waals surface area contributed by atoms with E-state index in [1.54, 1.807) is 12.3 Å². The fourth-order valence-electron chi connectivity index (χ4n) is 5.08. The van der Waals surface area contributed by atoms with Crippen LogP contribution in [0.4, 0.5) is 13.2 Å². The van der Waals surface area contributed by atoms with Crippen LogP contribution in [-0.4, -0.2) is 65.1 Å². The third kappa shape index (κ3) is 7.48. The van der Waals surface area contributed by atoms with E-state index in [-0.39, 0.29) is 18.2 Å². The van der Waals surface area contributed by atoms with Gasteiger partial charge in [0.05, 0.1) is 30.4 Å². The highest BCUT2D eigenvalue weighted by molar-refractivity contribution is 5.96. The molecule has 2 fully saturated rings. The summed E-state index contributed by atoms with van der Waals surface area (Å²) < 4.78 is 44.2. The molecule has 11 heteroatoms. The molecular formula is C28H35F3N4O4. The minimum atomic E-state index is -4.55. The van der Waals surface area contributed by atoms with Gasteiger partial charge in [-0.3, -0.25) is 14.5 Å². The molecule has 0 bridgehead atoms. The van der Waals surface area contributed by atoms with Gasteiger partial charge in [-0.2, -0.15) is 13.2 Å². The third-order valence-electron chi connectivity index (χ3n) is 7.46. The van der Waals surface area contributed by atoms with Crippen LogP contribution in [0, 0.1) is 0 Å². The molecule has 2 aromatic rings. The molecule has 1 saturated heterocycles. The quantitative estimate of drug-likeness (QED) is 0.392. The van der Waals surface area contributed by atoms with Gasteiger partial charge in [0.1, 0.15) is 0 Å². The van der Waals surface area contributed by atoms with Crippen LogP contribution in [0.2, 0.25) is 0 Å². The van der Waals surface area contributed by atoms with Crippen LogP contribution in [0.1, 0.15) is 66.9 Å². The minimum Gasteiger partial charge on any atom is -0.478 e. The van der Waals surface area contributed by atoms with E-state index in [0.717, 1.165) is 49.4 Å². The standard InChI is InChI=1S/C28H35F3N4O4/c1-2-3-13-39-25-8-7-21(15-32-25)27(38)11-9-23(10-12-27)35-17-22(18-35)34-24(36)16-33-26(37)19-5-4-6-20(14-19)28(29,30)31/h4-8,14-15,22-23,38H,2-3,9-13,16-18H2,1H3,(H,33,37)(H,34,36). The number of benzene rings is 1. The summed E-state index contributed by atoms with van der Waals surface area (Å²) in [4.78, 5) is 31.1. The number of unbranched alkanes of at least 4 members (excludes halogenated alkanes) is 1. The van der Waals surface area contributed by atoms with Crippen LogP contribution in [-0.2, 0) is 16.6 Å². The molecule has 3 N–H and O–H groups in total. The molecule has 2 amide bonds. The fraction of sp³-hybridized carbons (Fsp3) is 0.536. The van der Waals surface area contributed by atoms with Crippen LogP contribution in [0.3, 0.4) is 0 Å². The van der Waals surface area contributed by atoms with Crippen LogP contribution < -0.4 is 15.4 Å². The summed E-state index contributed by atoms with van der Waals surface area (Å²) in [6.45, 7) is 3.74. The van der Waals surface area contributed by atoms with Gasteiger partial charge in [0.25, 0.3) is 5.91 Å². The van der Waals surface area contributed by atoms with Gasteiger partial charge in [0.2, 0.25) is 11.8 Å². The number of nitrogens with zero attached hydrogens (tertiary/aromatic N) is 2. The molecule has 2 aliphatic rings. The van der Waals surface area contributed by atoms with Crippen molar-refractivity contribution in [1.82, 2.24) is 20.5 Å². The predicted octanol–water partition coefficient (Wildman–Crippen LogP) is 3.64. The second-order valence-electron chi connectivity index (χ2n) is 10.3. The third-order valence-corrected chi connectivity index (χ3v) is 7.46. The van der Waals surface area contributed by atoms with E-state index in [4.69, 9.17) is 4.74 Å². The SMILES string of the molecule is CCCCOc1ccc(C2(O)CCC(N3CC(NC(=O)CNC(=O)c4cccc(C(F)(F)F)c4)C3)CC2)cn1. The monoisotopic (exact) mass is 548 g/mol. The van der Waals surface area contributed by atoms with Crippen molar-refractivity contribution in [2.45, 2.75) is 69.3 Å². The lowest BCUT2D eigenvalue weighted by atomic mass is 9.77. The summed E-state index contributed by atoms with van der Waals surface area (Å²) in [5, 5.41) is 16.4. The zero-order valence-electron chi connectivity index (χ0n) is 22.0. The topological polar surface area (TPSA) is 104 Å². The van der Waals surface area contributed by atoms with Crippen molar-refractivity contribution in [3.05, 3.63) is 59.3 Å². The number of aliphatic hydroxyl groups is 1. The van der Waals surface area contributed by atoms with Gasteiger partial charge in [0.15, 0.2) is 0 Å². The fourth-order valence-corrected chi connectivity index (χ4v) is 5.08. The molecule has 0 unspecified atom stereocenters. The summed E-state index contributed by atoms with van der Waals surface area (Å²) in [6, 6.07) is 8.01. The molecule has 212 valence electrons. The Hall–Kier alpha value is -3.18. The number of nitrogens with one attached hydrogen (secondary N) is 2. The van der Waals surface area contributed by atoms with Crippen LogP contribution >= 0.6 is 0 Å². The van der Waals surface area contributed by atoms with Crippen molar-refractivity contribution >= 4 is 11.8 Å². The number of hydrogen-bond acceptors (Lipinski definition) is 6. The zero-order valence-corrected chi connectivity index (χ0v) is 22.0. The highest BCUT2D eigenvalue weighted by Crippen LogP contribution is 2.39. The zero-order chi connectivity index (χ0) is 28.0. The molecule has 1 aromatic heterocycles. The molecule has 4 rings (SSSR count). The minimum absolute atomic E-state index is 0.0618. The summed E-state index contributed by atoms with van der Waals surface area (Å²) in [6.07, 6.45) is 2.03. The first-order chi connectivity index (χ1) is 18.6. The Morgan fingerprint density at radius 1 is 1.18 bits per heavy atom. The Morgan fingerprint density at radius 3 is 2.56 bits per heavy atom. The van der Waals surface area contributed by atoms with Gasteiger partial charge in [-0.15, -0.1) is 0 Å². The van der Waals surface area contributed by atoms with E-state index in [0.29, 0.717) is 44.5 Å². The molecule has 1 aliphatic carbocycles.